The first kappa shape index (κ1) is 17.6. The van der Waals surface area contributed by atoms with Crippen LogP contribution in [0.15, 0.2) is 29.2 Å². The van der Waals surface area contributed by atoms with Gasteiger partial charge in [0.1, 0.15) is 0 Å². The monoisotopic (exact) mass is 334 g/mol. The fraction of sp³-hybridized carbons (Fsp3) is 0.500. The van der Waals surface area contributed by atoms with Crippen molar-refractivity contribution in [2.45, 2.75) is 30.2 Å². The molecular weight excluding hydrogens is 315 g/mol. The average molecular weight is 335 g/mol. The first-order valence-electron chi connectivity index (χ1n) is 6.57. The summed E-state index contributed by atoms with van der Waals surface area (Å²) in [6.07, 6.45) is 2.44. The second-order valence-electron chi connectivity index (χ2n) is 4.77. The quantitative estimate of drug-likeness (QED) is 0.860. The van der Waals surface area contributed by atoms with E-state index in [2.05, 4.69) is 0 Å². The summed E-state index contributed by atoms with van der Waals surface area (Å²) in [6.45, 7) is 1.62. The van der Waals surface area contributed by atoms with Crippen molar-refractivity contribution < 1.29 is 4.79 Å². The number of benzene rings is 1. The van der Waals surface area contributed by atoms with Crippen molar-refractivity contribution in [3.63, 3.8) is 0 Å². The van der Waals surface area contributed by atoms with Gasteiger partial charge in [-0.25, -0.2) is 0 Å². The predicted molar refractivity (Wildman–Crippen MR) is 87.8 cm³/mol. The van der Waals surface area contributed by atoms with Gasteiger partial charge in [-0.1, -0.05) is 11.6 Å². The van der Waals surface area contributed by atoms with Crippen molar-refractivity contribution >= 4 is 41.7 Å². The highest BCUT2D eigenvalue weighted by Gasteiger charge is 2.19. The Bertz CT molecular complexity index is 420. The molecule has 0 bridgehead atoms. The summed E-state index contributed by atoms with van der Waals surface area (Å²) >= 11 is 7.52. The van der Waals surface area contributed by atoms with Gasteiger partial charge in [0, 0.05) is 41.2 Å². The van der Waals surface area contributed by atoms with Gasteiger partial charge in [0.05, 0.1) is 0 Å². The molecule has 0 unspecified atom stereocenters. The van der Waals surface area contributed by atoms with Crippen molar-refractivity contribution in [1.29, 1.82) is 0 Å². The maximum atomic E-state index is 12.0. The molecule has 0 saturated carbocycles. The molecular formula is C14H20Cl2N2OS. The second-order valence-corrected chi connectivity index (χ2v) is 6.38. The molecule has 1 saturated heterocycles. The normalized spacial score (nSPS) is 15.8. The van der Waals surface area contributed by atoms with Gasteiger partial charge in [0.2, 0.25) is 5.91 Å². The van der Waals surface area contributed by atoms with Crippen LogP contribution in [0.1, 0.15) is 19.3 Å². The van der Waals surface area contributed by atoms with Crippen LogP contribution < -0.4 is 5.73 Å². The van der Waals surface area contributed by atoms with Crippen LogP contribution in [0, 0.1) is 0 Å². The number of nitrogens with zero attached hydrogens (tertiary/aromatic N) is 1. The van der Waals surface area contributed by atoms with Gasteiger partial charge in [0.15, 0.2) is 0 Å². The molecule has 1 aromatic rings. The van der Waals surface area contributed by atoms with Crippen molar-refractivity contribution in [3.8, 4) is 0 Å². The van der Waals surface area contributed by atoms with Crippen LogP contribution in [-0.4, -0.2) is 35.7 Å². The fourth-order valence-electron chi connectivity index (χ4n) is 2.09. The van der Waals surface area contributed by atoms with E-state index in [4.69, 9.17) is 17.3 Å². The van der Waals surface area contributed by atoms with E-state index in [1.165, 1.54) is 0 Å². The van der Waals surface area contributed by atoms with E-state index < -0.39 is 0 Å². The van der Waals surface area contributed by atoms with Crippen molar-refractivity contribution in [3.05, 3.63) is 29.3 Å². The third kappa shape index (κ3) is 5.52. The van der Waals surface area contributed by atoms with Crippen LogP contribution in [0.5, 0.6) is 0 Å². The number of thioether (sulfide) groups is 1. The van der Waals surface area contributed by atoms with Gasteiger partial charge in [-0.15, -0.1) is 24.2 Å². The number of piperidine rings is 1. The summed E-state index contributed by atoms with van der Waals surface area (Å²) < 4.78 is 0. The molecule has 2 N–H and O–H groups in total. The lowest BCUT2D eigenvalue weighted by Gasteiger charge is -2.30. The minimum Gasteiger partial charge on any atom is -0.343 e. The first-order chi connectivity index (χ1) is 9.15. The van der Waals surface area contributed by atoms with Crippen LogP contribution in [-0.2, 0) is 4.79 Å². The molecule has 1 aromatic carbocycles. The van der Waals surface area contributed by atoms with Gasteiger partial charge < -0.3 is 10.6 Å². The fourth-order valence-corrected chi connectivity index (χ4v) is 3.06. The highest BCUT2D eigenvalue weighted by molar-refractivity contribution is 7.99. The second kappa shape index (κ2) is 8.78. The molecule has 20 heavy (non-hydrogen) atoms. The Kier molecular flexibility index (Phi) is 7.74. The number of amides is 1. The summed E-state index contributed by atoms with van der Waals surface area (Å²) in [5, 5.41) is 0.741. The lowest BCUT2D eigenvalue weighted by atomic mass is 10.1. The third-order valence-corrected chi connectivity index (χ3v) is 4.56. The highest BCUT2D eigenvalue weighted by Crippen LogP contribution is 2.21. The smallest absolute Gasteiger partial charge is 0.223 e. The number of nitrogens with two attached hydrogens (primary N) is 1. The lowest BCUT2D eigenvalue weighted by Crippen LogP contribution is -2.42. The van der Waals surface area contributed by atoms with Crippen LogP contribution in [0.4, 0.5) is 0 Å². The predicted octanol–water partition coefficient (Wildman–Crippen LogP) is 3.19. The van der Waals surface area contributed by atoms with Crippen LogP contribution in [0.25, 0.3) is 0 Å². The maximum absolute atomic E-state index is 12.0. The average Bonchev–Trinajstić information content (AvgIpc) is 2.41. The summed E-state index contributed by atoms with van der Waals surface area (Å²) in [5.41, 5.74) is 5.83. The topological polar surface area (TPSA) is 46.3 Å². The molecule has 2 rings (SSSR count). The Morgan fingerprint density at radius 1 is 1.30 bits per heavy atom. The van der Waals surface area contributed by atoms with Crippen molar-refractivity contribution in [1.82, 2.24) is 4.90 Å². The molecule has 0 radical (unpaired) electrons. The molecule has 0 aromatic heterocycles. The molecule has 0 atom stereocenters. The molecule has 3 nitrogen and oxygen atoms in total. The molecule has 1 fully saturated rings. The van der Waals surface area contributed by atoms with Crippen LogP contribution >= 0.6 is 35.8 Å². The van der Waals surface area contributed by atoms with E-state index in [-0.39, 0.29) is 24.4 Å². The number of carbonyl (C=O) groups is 1. The van der Waals surface area contributed by atoms with E-state index in [0.29, 0.717) is 6.42 Å². The Morgan fingerprint density at radius 3 is 2.50 bits per heavy atom. The Morgan fingerprint density at radius 2 is 1.90 bits per heavy atom. The van der Waals surface area contributed by atoms with E-state index in [0.717, 1.165) is 41.6 Å². The van der Waals surface area contributed by atoms with E-state index in [1.807, 2.05) is 29.2 Å². The number of carbonyl (C=O) groups excluding carboxylic acids is 1. The zero-order chi connectivity index (χ0) is 13.7. The van der Waals surface area contributed by atoms with Gasteiger partial charge in [-0.2, -0.15) is 0 Å². The third-order valence-electron chi connectivity index (χ3n) is 3.29. The number of halogens is 2. The first-order valence-corrected chi connectivity index (χ1v) is 7.93. The van der Waals surface area contributed by atoms with Gasteiger partial charge >= 0.3 is 0 Å². The largest absolute Gasteiger partial charge is 0.343 e. The summed E-state index contributed by atoms with van der Waals surface area (Å²) in [4.78, 5) is 15.1. The Labute approximate surface area is 135 Å². The van der Waals surface area contributed by atoms with Gasteiger partial charge in [-0.3, -0.25) is 4.79 Å². The molecule has 0 spiro atoms. The highest BCUT2D eigenvalue weighted by atomic mass is 35.5. The summed E-state index contributed by atoms with van der Waals surface area (Å²) in [7, 11) is 0. The molecule has 112 valence electrons. The number of likely N-dealkylation sites (tertiary alicyclic amines) is 1. The van der Waals surface area contributed by atoms with E-state index in [1.54, 1.807) is 11.8 Å². The van der Waals surface area contributed by atoms with Crippen molar-refractivity contribution in [2.24, 2.45) is 5.73 Å². The van der Waals surface area contributed by atoms with E-state index in [9.17, 15) is 4.79 Å². The molecule has 6 heteroatoms. The zero-order valence-corrected chi connectivity index (χ0v) is 13.6. The molecule has 0 aliphatic carbocycles. The van der Waals surface area contributed by atoms with Crippen LogP contribution in [0.3, 0.4) is 0 Å². The summed E-state index contributed by atoms with van der Waals surface area (Å²) in [6, 6.07) is 7.98. The molecule has 1 heterocycles. The number of hydrogen-bond acceptors (Lipinski definition) is 3. The van der Waals surface area contributed by atoms with Gasteiger partial charge in [-0.05, 0) is 37.1 Å². The Hall–Kier alpha value is -0.420. The molecule has 1 amide bonds. The standard InChI is InChI=1S/C14H19ClN2OS.ClH/c15-11-1-3-13(4-2-11)19-10-7-14(18)17-8-5-12(16)6-9-17;/h1-4,12H,5-10,16H2;1H. The minimum absolute atomic E-state index is 0. The van der Waals surface area contributed by atoms with E-state index >= 15 is 0 Å². The molecule has 1 aliphatic heterocycles. The number of rotatable bonds is 4. The maximum Gasteiger partial charge on any atom is 0.223 e. The summed E-state index contributed by atoms with van der Waals surface area (Å²) in [5.74, 6) is 1.05. The van der Waals surface area contributed by atoms with Crippen LogP contribution in [0.2, 0.25) is 5.02 Å². The van der Waals surface area contributed by atoms with Crippen molar-refractivity contribution in [2.75, 3.05) is 18.8 Å². The number of hydrogen-bond donors (Lipinski definition) is 1. The molecule has 1 aliphatic rings. The lowest BCUT2D eigenvalue weighted by molar-refractivity contribution is -0.131. The SMILES string of the molecule is Cl.NC1CCN(C(=O)CCSc2ccc(Cl)cc2)CC1. The Balaban J connectivity index is 0.00000200. The zero-order valence-electron chi connectivity index (χ0n) is 11.3. The van der Waals surface area contributed by atoms with Gasteiger partial charge in [0.25, 0.3) is 0 Å². The minimum atomic E-state index is 0.